The molecule has 1 aliphatic heterocycles. The van der Waals surface area contributed by atoms with Gasteiger partial charge in [0.1, 0.15) is 17.8 Å². The van der Waals surface area contributed by atoms with Crippen molar-refractivity contribution in [3.05, 3.63) is 0 Å². The third-order valence-electron chi connectivity index (χ3n) is 7.16. The number of likely N-dealkylation sites (N-methyl/N-ethyl adjacent to an activating group) is 1. The molecule has 8 nitrogen and oxygen atoms in total. The molecule has 0 saturated carbocycles. The normalized spacial score (nSPS) is 47.3. The van der Waals surface area contributed by atoms with Crippen molar-refractivity contribution in [3.8, 4) is 0 Å². The van der Waals surface area contributed by atoms with Crippen molar-refractivity contribution in [2.45, 2.75) is 103 Å². The Kier molecular flexibility index (Phi) is 9.94. The van der Waals surface area contributed by atoms with Gasteiger partial charge >= 0.3 is 5.97 Å². The average Bonchev–Trinajstić information content (AvgIpc) is 2.67. The van der Waals surface area contributed by atoms with Gasteiger partial charge in [-0.15, -0.1) is 0 Å². The zero-order valence-corrected chi connectivity index (χ0v) is 20.7. The summed E-state index contributed by atoms with van der Waals surface area (Å²) in [6.45, 7) is 12.6. The van der Waals surface area contributed by atoms with Crippen molar-refractivity contribution in [1.82, 2.24) is 4.90 Å². The van der Waals surface area contributed by atoms with E-state index in [1.54, 1.807) is 27.7 Å². The van der Waals surface area contributed by atoms with Gasteiger partial charge < -0.3 is 34.8 Å². The molecule has 1 aliphatic rings. The fourth-order valence-electron chi connectivity index (χ4n) is 5.14. The molecule has 8 heteroatoms. The fourth-order valence-corrected chi connectivity index (χ4v) is 5.14. The number of esters is 1. The van der Waals surface area contributed by atoms with E-state index in [-0.39, 0.29) is 5.92 Å². The van der Waals surface area contributed by atoms with E-state index in [2.05, 4.69) is 0 Å². The van der Waals surface area contributed by atoms with E-state index in [4.69, 9.17) is 9.47 Å². The van der Waals surface area contributed by atoms with Gasteiger partial charge in [-0.05, 0) is 53.5 Å². The zero-order valence-electron chi connectivity index (χ0n) is 20.7. The Bertz CT molecular complexity index is 582. The Hall–Kier alpha value is -0.770. The summed E-state index contributed by atoms with van der Waals surface area (Å²) in [4.78, 5) is 14.8. The number of carbonyl (C=O) groups is 1. The largest absolute Gasteiger partial charge is 0.459 e. The minimum absolute atomic E-state index is 0.0315. The lowest BCUT2D eigenvalue weighted by atomic mass is 9.78. The number of cyclic esters (lactones) is 1. The molecule has 0 aromatic rings. The van der Waals surface area contributed by atoms with E-state index in [1.807, 2.05) is 25.8 Å². The highest BCUT2D eigenvalue weighted by Gasteiger charge is 2.47. The summed E-state index contributed by atoms with van der Waals surface area (Å²) in [5.74, 6) is -2.10. The first-order valence-electron chi connectivity index (χ1n) is 11.4. The number of aliphatic hydroxyl groups excluding tert-OH is 2. The van der Waals surface area contributed by atoms with E-state index in [0.717, 1.165) is 0 Å². The van der Waals surface area contributed by atoms with Crippen LogP contribution in [0.2, 0.25) is 0 Å². The first-order valence-corrected chi connectivity index (χ1v) is 11.4. The molecule has 184 valence electrons. The molecule has 0 amide bonds. The molecular formula is C23H45NO7. The van der Waals surface area contributed by atoms with Crippen molar-refractivity contribution in [2.24, 2.45) is 17.8 Å². The lowest BCUT2D eigenvalue weighted by molar-refractivity contribution is -0.193. The summed E-state index contributed by atoms with van der Waals surface area (Å²) < 4.78 is 11.2. The van der Waals surface area contributed by atoms with Gasteiger partial charge in [0.2, 0.25) is 0 Å². The molecular weight excluding hydrogens is 402 g/mol. The van der Waals surface area contributed by atoms with E-state index in [1.165, 1.54) is 14.0 Å². The lowest BCUT2D eigenvalue weighted by Gasteiger charge is -2.42. The number of hydrogen-bond acceptors (Lipinski definition) is 8. The van der Waals surface area contributed by atoms with Crippen molar-refractivity contribution in [3.63, 3.8) is 0 Å². The third kappa shape index (κ3) is 6.39. The molecule has 4 N–H and O–H groups in total. The minimum atomic E-state index is -1.68. The highest BCUT2D eigenvalue weighted by atomic mass is 16.6. The molecule has 1 fully saturated rings. The maximum Gasteiger partial charge on any atom is 0.311 e. The zero-order chi connectivity index (χ0) is 24.3. The second kappa shape index (κ2) is 10.9. The Morgan fingerprint density at radius 3 is 2.19 bits per heavy atom. The van der Waals surface area contributed by atoms with Gasteiger partial charge in [0.15, 0.2) is 0 Å². The number of nitrogens with zero attached hydrogens (tertiary/aromatic N) is 1. The van der Waals surface area contributed by atoms with Crippen molar-refractivity contribution in [2.75, 3.05) is 20.7 Å². The Morgan fingerprint density at radius 1 is 1.16 bits per heavy atom. The van der Waals surface area contributed by atoms with Crippen LogP contribution < -0.4 is 0 Å². The van der Waals surface area contributed by atoms with Crippen LogP contribution >= 0.6 is 0 Å². The van der Waals surface area contributed by atoms with Crippen LogP contribution in [0, 0.1) is 17.8 Å². The van der Waals surface area contributed by atoms with E-state index >= 15 is 0 Å². The Balaban J connectivity index is 3.41. The second-order valence-corrected chi connectivity index (χ2v) is 10.1. The van der Waals surface area contributed by atoms with E-state index in [9.17, 15) is 25.2 Å². The van der Waals surface area contributed by atoms with Crippen LogP contribution in [-0.2, 0) is 14.3 Å². The number of carbonyl (C=O) groups excluding carboxylic acids is 1. The predicted molar refractivity (Wildman–Crippen MR) is 118 cm³/mol. The monoisotopic (exact) mass is 447 g/mol. The van der Waals surface area contributed by atoms with Crippen molar-refractivity contribution < 1.29 is 34.7 Å². The standard InChI is InChI=1S/C23H45NO7/c1-10-17-23(7,29)19(26)16(5)24(8)12-13(2)11-22(6,28)20(30-9)14(3)18(25)15(4)21(27)31-17/h13-20,25-26,28-29H,10-12H2,1-9H3/t13-,14+,15-,16-,17-,18+,19-,20-,22-,23-/m1/s1. The quantitative estimate of drug-likeness (QED) is 0.466. The number of aliphatic hydroxyl groups is 4. The molecule has 0 radical (unpaired) electrons. The van der Waals surface area contributed by atoms with Gasteiger partial charge in [-0.25, -0.2) is 0 Å². The van der Waals surface area contributed by atoms with Crippen LogP contribution in [0.15, 0.2) is 0 Å². The lowest BCUT2D eigenvalue weighted by Crippen LogP contribution is -2.59. The summed E-state index contributed by atoms with van der Waals surface area (Å²) in [7, 11) is 3.33. The molecule has 10 atom stereocenters. The van der Waals surface area contributed by atoms with Gasteiger partial charge in [-0.3, -0.25) is 4.79 Å². The highest BCUT2D eigenvalue weighted by Crippen LogP contribution is 2.33. The van der Waals surface area contributed by atoms with Gasteiger partial charge in [0.25, 0.3) is 0 Å². The van der Waals surface area contributed by atoms with Crippen LogP contribution in [0.1, 0.15) is 61.3 Å². The molecule has 0 aromatic heterocycles. The summed E-state index contributed by atoms with van der Waals surface area (Å²) in [6, 6.07) is -0.430. The molecule has 0 spiro atoms. The third-order valence-corrected chi connectivity index (χ3v) is 7.16. The first-order chi connectivity index (χ1) is 14.1. The van der Waals surface area contributed by atoms with Gasteiger partial charge in [0, 0.05) is 25.6 Å². The van der Waals surface area contributed by atoms with Gasteiger partial charge in [-0.2, -0.15) is 0 Å². The molecule has 0 aromatic carbocycles. The van der Waals surface area contributed by atoms with E-state index < -0.39 is 59.5 Å². The van der Waals surface area contributed by atoms with Crippen LogP contribution in [0.5, 0.6) is 0 Å². The smallest absolute Gasteiger partial charge is 0.311 e. The number of rotatable bonds is 2. The Morgan fingerprint density at radius 2 is 1.71 bits per heavy atom. The van der Waals surface area contributed by atoms with Crippen LogP contribution in [0.25, 0.3) is 0 Å². The summed E-state index contributed by atoms with van der Waals surface area (Å²) in [5.41, 5.74) is -2.93. The van der Waals surface area contributed by atoms with Crippen LogP contribution in [0.3, 0.4) is 0 Å². The maximum absolute atomic E-state index is 12.8. The van der Waals surface area contributed by atoms with Crippen LogP contribution in [-0.4, -0.2) is 93.7 Å². The topological polar surface area (TPSA) is 120 Å². The first kappa shape index (κ1) is 28.3. The fraction of sp³-hybridized carbons (Fsp3) is 0.957. The molecule has 31 heavy (non-hydrogen) atoms. The maximum atomic E-state index is 12.8. The summed E-state index contributed by atoms with van der Waals surface area (Å²) in [5, 5.41) is 44.2. The SMILES string of the molecule is CC[C@H]1OC(=O)[C@H](C)[C@@H](O)[C@H](C)[C@@H](OC)[C@](C)(O)C[C@@H](C)CN(C)[C@H](C)[C@@H](O)[C@]1(C)O. The van der Waals surface area contributed by atoms with Gasteiger partial charge in [0.05, 0.1) is 23.7 Å². The predicted octanol–water partition coefficient (Wildman–Crippen LogP) is 1.18. The van der Waals surface area contributed by atoms with Crippen molar-refractivity contribution >= 4 is 5.97 Å². The molecule has 0 bridgehead atoms. The molecule has 1 saturated heterocycles. The number of ether oxygens (including phenoxy) is 2. The van der Waals surface area contributed by atoms with Crippen molar-refractivity contribution in [1.29, 1.82) is 0 Å². The van der Waals surface area contributed by atoms with Gasteiger partial charge in [-0.1, -0.05) is 20.8 Å². The van der Waals surface area contributed by atoms with E-state index in [0.29, 0.717) is 19.4 Å². The molecule has 1 rings (SSSR count). The number of hydrogen-bond donors (Lipinski definition) is 4. The average molecular weight is 448 g/mol. The molecule has 1 heterocycles. The van der Waals surface area contributed by atoms with Crippen LogP contribution in [0.4, 0.5) is 0 Å². The highest BCUT2D eigenvalue weighted by molar-refractivity contribution is 5.73. The summed E-state index contributed by atoms with van der Waals surface area (Å²) in [6.07, 6.45) is -3.26. The molecule has 0 unspecified atom stereocenters. The Labute approximate surface area is 187 Å². The minimum Gasteiger partial charge on any atom is -0.459 e. The second-order valence-electron chi connectivity index (χ2n) is 10.1. The molecule has 0 aliphatic carbocycles. The summed E-state index contributed by atoms with van der Waals surface area (Å²) >= 11 is 0. The number of methoxy groups -OCH3 is 1.